The largest absolute Gasteiger partial charge is 0.384 e. The van der Waals surface area contributed by atoms with Crippen LogP contribution in [0.3, 0.4) is 0 Å². The van der Waals surface area contributed by atoms with Gasteiger partial charge in [-0.3, -0.25) is 0 Å². The van der Waals surface area contributed by atoms with Crippen molar-refractivity contribution in [3.8, 4) is 0 Å². The average Bonchev–Trinajstić information content (AvgIpc) is 1.88. The average molecular weight is 137 g/mol. The number of nitrogen functional groups attached to an aromatic ring is 1. The smallest absolute Gasteiger partial charge is 0.123 e. The van der Waals surface area contributed by atoms with Gasteiger partial charge in [0.25, 0.3) is 0 Å². The van der Waals surface area contributed by atoms with E-state index in [0.29, 0.717) is 5.82 Å². The summed E-state index contributed by atoms with van der Waals surface area (Å²) >= 11 is 0. The summed E-state index contributed by atoms with van der Waals surface area (Å²) in [5, 5.41) is 2.71. The lowest BCUT2D eigenvalue weighted by molar-refractivity contribution is 1.05. The monoisotopic (exact) mass is 137 g/mol. The number of pyridine rings is 1. The molecule has 1 heterocycles. The molecular formula is C6H7N3O. The molecule has 10 heavy (non-hydrogen) atoms. The van der Waals surface area contributed by atoms with Crippen LogP contribution < -0.4 is 5.73 Å². The number of hydrogen-bond acceptors (Lipinski definition) is 4. The molecule has 0 saturated heterocycles. The van der Waals surface area contributed by atoms with Crippen LogP contribution in [0.4, 0.5) is 5.82 Å². The SMILES string of the molecule is Nc1cc(CN=O)ccn1. The first kappa shape index (κ1) is 6.67. The number of nitroso groups, excluding NO2 is 1. The van der Waals surface area contributed by atoms with Crippen molar-refractivity contribution in [2.45, 2.75) is 6.54 Å². The first-order valence-electron chi connectivity index (χ1n) is 2.82. The molecule has 0 radical (unpaired) electrons. The highest BCUT2D eigenvalue weighted by Gasteiger charge is 1.91. The summed E-state index contributed by atoms with van der Waals surface area (Å²) in [6.07, 6.45) is 1.55. The molecule has 0 aliphatic heterocycles. The van der Waals surface area contributed by atoms with Crippen LogP contribution in [0.15, 0.2) is 23.5 Å². The minimum Gasteiger partial charge on any atom is -0.384 e. The van der Waals surface area contributed by atoms with Gasteiger partial charge in [-0.1, -0.05) is 5.18 Å². The van der Waals surface area contributed by atoms with Crippen molar-refractivity contribution in [3.05, 3.63) is 28.8 Å². The van der Waals surface area contributed by atoms with E-state index < -0.39 is 0 Å². The maximum absolute atomic E-state index is 9.77. The third-order valence-electron chi connectivity index (χ3n) is 1.09. The quantitative estimate of drug-likeness (QED) is 0.616. The molecule has 4 nitrogen and oxygen atoms in total. The number of anilines is 1. The number of rotatable bonds is 2. The van der Waals surface area contributed by atoms with Crippen LogP contribution in [-0.4, -0.2) is 4.98 Å². The lowest BCUT2D eigenvalue weighted by atomic mass is 10.3. The number of aromatic nitrogens is 1. The summed E-state index contributed by atoms with van der Waals surface area (Å²) in [5.41, 5.74) is 6.13. The summed E-state index contributed by atoms with van der Waals surface area (Å²) < 4.78 is 0. The molecule has 0 atom stereocenters. The molecular weight excluding hydrogens is 130 g/mol. The Morgan fingerprint density at radius 2 is 2.50 bits per heavy atom. The zero-order chi connectivity index (χ0) is 7.40. The Hall–Kier alpha value is -1.45. The first-order chi connectivity index (χ1) is 4.83. The Labute approximate surface area is 58.1 Å². The minimum absolute atomic E-state index is 0.159. The van der Waals surface area contributed by atoms with E-state index in [2.05, 4.69) is 10.2 Å². The molecule has 2 N–H and O–H groups in total. The lowest BCUT2D eigenvalue weighted by Crippen LogP contribution is -1.90. The predicted molar refractivity (Wildman–Crippen MR) is 38.1 cm³/mol. The van der Waals surface area contributed by atoms with Gasteiger partial charge in [0.15, 0.2) is 0 Å². The normalized spacial score (nSPS) is 9.20. The standard InChI is InChI=1S/C6H7N3O/c7-6-3-5(4-9-10)1-2-8-6/h1-3H,4H2,(H2,7,8). The Balaban J connectivity index is 2.84. The van der Waals surface area contributed by atoms with Crippen LogP contribution in [0.5, 0.6) is 0 Å². The van der Waals surface area contributed by atoms with Crippen molar-refractivity contribution in [2.24, 2.45) is 5.18 Å². The van der Waals surface area contributed by atoms with Crippen LogP contribution >= 0.6 is 0 Å². The van der Waals surface area contributed by atoms with Crippen molar-refractivity contribution < 1.29 is 0 Å². The fourth-order valence-electron chi connectivity index (χ4n) is 0.667. The van der Waals surface area contributed by atoms with E-state index in [9.17, 15) is 4.91 Å². The highest BCUT2D eigenvalue weighted by atomic mass is 16.3. The third kappa shape index (κ3) is 1.51. The van der Waals surface area contributed by atoms with Crippen molar-refractivity contribution in [1.29, 1.82) is 0 Å². The topological polar surface area (TPSA) is 68.3 Å². The van der Waals surface area contributed by atoms with Crippen LogP contribution in [0.1, 0.15) is 5.56 Å². The molecule has 0 saturated carbocycles. The highest BCUT2D eigenvalue weighted by Crippen LogP contribution is 2.03. The van der Waals surface area contributed by atoms with Gasteiger partial charge in [-0.2, -0.15) is 4.91 Å². The molecule has 0 amide bonds. The van der Waals surface area contributed by atoms with E-state index in [0.717, 1.165) is 5.56 Å². The maximum atomic E-state index is 9.77. The molecule has 0 unspecified atom stereocenters. The summed E-state index contributed by atoms with van der Waals surface area (Å²) in [6, 6.07) is 3.33. The van der Waals surface area contributed by atoms with Gasteiger partial charge in [0.2, 0.25) is 0 Å². The highest BCUT2D eigenvalue weighted by molar-refractivity contribution is 5.31. The van der Waals surface area contributed by atoms with E-state index in [1.807, 2.05) is 0 Å². The second-order valence-corrected chi connectivity index (χ2v) is 1.88. The summed E-state index contributed by atoms with van der Waals surface area (Å²) in [4.78, 5) is 13.5. The second-order valence-electron chi connectivity index (χ2n) is 1.88. The van der Waals surface area contributed by atoms with Gasteiger partial charge in [-0.15, -0.1) is 0 Å². The van der Waals surface area contributed by atoms with Gasteiger partial charge in [0.1, 0.15) is 12.4 Å². The molecule has 0 aliphatic carbocycles. The van der Waals surface area contributed by atoms with E-state index >= 15 is 0 Å². The van der Waals surface area contributed by atoms with Gasteiger partial charge < -0.3 is 5.73 Å². The zero-order valence-corrected chi connectivity index (χ0v) is 5.32. The lowest BCUT2D eigenvalue weighted by Gasteiger charge is -1.93. The Bertz CT molecular complexity index is 236. The van der Waals surface area contributed by atoms with Crippen molar-refractivity contribution >= 4 is 5.82 Å². The van der Waals surface area contributed by atoms with Crippen LogP contribution in [-0.2, 0) is 6.54 Å². The van der Waals surface area contributed by atoms with Crippen molar-refractivity contribution in [2.75, 3.05) is 5.73 Å². The zero-order valence-electron chi connectivity index (χ0n) is 5.32. The van der Waals surface area contributed by atoms with Gasteiger partial charge in [0.05, 0.1) is 0 Å². The Kier molecular flexibility index (Phi) is 1.94. The summed E-state index contributed by atoms with van der Waals surface area (Å²) in [6.45, 7) is 0.159. The van der Waals surface area contributed by atoms with E-state index in [4.69, 9.17) is 5.73 Å². The summed E-state index contributed by atoms with van der Waals surface area (Å²) in [7, 11) is 0. The molecule has 1 aromatic heterocycles. The molecule has 52 valence electrons. The molecule has 0 aliphatic rings. The fourth-order valence-corrected chi connectivity index (χ4v) is 0.667. The third-order valence-corrected chi connectivity index (χ3v) is 1.09. The fraction of sp³-hybridized carbons (Fsp3) is 0.167. The van der Waals surface area contributed by atoms with Crippen LogP contribution in [0, 0.1) is 4.91 Å². The molecule has 0 aromatic carbocycles. The van der Waals surface area contributed by atoms with Crippen LogP contribution in [0.2, 0.25) is 0 Å². The second kappa shape index (κ2) is 2.91. The van der Waals surface area contributed by atoms with E-state index in [1.54, 1.807) is 18.3 Å². The number of nitrogens with zero attached hydrogens (tertiary/aromatic N) is 2. The van der Waals surface area contributed by atoms with Crippen LogP contribution in [0.25, 0.3) is 0 Å². The van der Waals surface area contributed by atoms with Gasteiger partial charge in [-0.25, -0.2) is 4.98 Å². The molecule has 0 spiro atoms. The first-order valence-corrected chi connectivity index (χ1v) is 2.82. The Morgan fingerprint density at radius 1 is 1.70 bits per heavy atom. The Morgan fingerprint density at radius 3 is 3.10 bits per heavy atom. The summed E-state index contributed by atoms with van der Waals surface area (Å²) in [5.74, 6) is 0.418. The van der Waals surface area contributed by atoms with Gasteiger partial charge in [-0.05, 0) is 17.7 Å². The molecule has 0 bridgehead atoms. The number of nitrogens with two attached hydrogens (primary N) is 1. The van der Waals surface area contributed by atoms with E-state index in [1.165, 1.54) is 0 Å². The van der Waals surface area contributed by atoms with Crippen molar-refractivity contribution in [3.63, 3.8) is 0 Å². The molecule has 4 heteroatoms. The number of hydrogen-bond donors (Lipinski definition) is 1. The molecule has 0 fully saturated rings. The molecule has 1 aromatic rings. The minimum atomic E-state index is 0.159. The van der Waals surface area contributed by atoms with Gasteiger partial charge >= 0.3 is 0 Å². The molecule has 1 rings (SSSR count). The maximum Gasteiger partial charge on any atom is 0.123 e. The predicted octanol–water partition coefficient (Wildman–Crippen LogP) is 0.930. The van der Waals surface area contributed by atoms with E-state index in [-0.39, 0.29) is 6.54 Å². The van der Waals surface area contributed by atoms with Gasteiger partial charge in [0, 0.05) is 6.20 Å². The van der Waals surface area contributed by atoms with Crippen molar-refractivity contribution in [1.82, 2.24) is 4.98 Å².